The smallest absolute Gasteiger partial charge is 0.355 e. The van der Waals surface area contributed by atoms with Crippen LogP contribution in [0.1, 0.15) is 32.7 Å². The van der Waals surface area contributed by atoms with Crippen LogP contribution in [0.5, 0.6) is 0 Å². The minimum Gasteiger partial charge on any atom is -0.355 e. The SMILES string of the molecule is O=C(Nc1ccccc1C(=O)N1CCCN(c2ccc(C(F)(F)F)cn2)CC1)c1ccccc1. The van der Waals surface area contributed by atoms with Crippen LogP contribution in [-0.4, -0.2) is 47.9 Å². The molecule has 0 unspecified atom stereocenters. The number of hydrogen-bond donors (Lipinski definition) is 1. The molecule has 0 bridgehead atoms. The summed E-state index contributed by atoms with van der Waals surface area (Å²) < 4.78 is 38.4. The highest BCUT2D eigenvalue weighted by molar-refractivity contribution is 6.09. The van der Waals surface area contributed by atoms with Crippen molar-refractivity contribution in [3.8, 4) is 0 Å². The molecule has 2 amide bonds. The van der Waals surface area contributed by atoms with Crippen LogP contribution < -0.4 is 10.2 Å². The van der Waals surface area contributed by atoms with E-state index in [0.29, 0.717) is 55.2 Å². The highest BCUT2D eigenvalue weighted by atomic mass is 19.4. The van der Waals surface area contributed by atoms with Gasteiger partial charge in [-0.25, -0.2) is 4.98 Å². The zero-order valence-corrected chi connectivity index (χ0v) is 18.3. The molecule has 3 aromatic rings. The van der Waals surface area contributed by atoms with Crippen molar-refractivity contribution in [2.24, 2.45) is 0 Å². The molecular formula is C25H23F3N4O2. The summed E-state index contributed by atoms with van der Waals surface area (Å²) in [6.07, 6.45) is -2.97. The average molecular weight is 468 g/mol. The monoisotopic (exact) mass is 468 g/mol. The predicted molar refractivity (Wildman–Crippen MR) is 123 cm³/mol. The number of carbonyl (C=O) groups excluding carboxylic acids is 2. The van der Waals surface area contributed by atoms with Crippen LogP contribution in [-0.2, 0) is 6.18 Å². The molecule has 176 valence electrons. The normalized spacial score (nSPS) is 14.4. The molecule has 2 aromatic carbocycles. The number of halogens is 3. The molecule has 0 saturated carbocycles. The second-order valence-electron chi connectivity index (χ2n) is 7.90. The number of alkyl halides is 3. The summed E-state index contributed by atoms with van der Waals surface area (Å²) in [6.45, 7) is 1.86. The Morgan fingerprint density at radius 2 is 1.59 bits per heavy atom. The van der Waals surface area contributed by atoms with Crippen LogP contribution in [0, 0.1) is 0 Å². The molecule has 2 heterocycles. The number of anilines is 2. The van der Waals surface area contributed by atoms with Crippen LogP contribution >= 0.6 is 0 Å². The largest absolute Gasteiger partial charge is 0.417 e. The fourth-order valence-corrected chi connectivity index (χ4v) is 3.82. The quantitative estimate of drug-likeness (QED) is 0.603. The van der Waals surface area contributed by atoms with Gasteiger partial charge in [0.25, 0.3) is 11.8 Å². The lowest BCUT2D eigenvalue weighted by molar-refractivity contribution is -0.137. The molecule has 0 radical (unpaired) electrons. The van der Waals surface area contributed by atoms with Crippen molar-refractivity contribution >= 4 is 23.3 Å². The molecule has 9 heteroatoms. The predicted octanol–water partition coefficient (Wildman–Crippen LogP) is 4.71. The van der Waals surface area contributed by atoms with Crippen molar-refractivity contribution in [1.29, 1.82) is 0 Å². The number of rotatable bonds is 4. The van der Waals surface area contributed by atoms with Crippen LogP contribution in [0.2, 0.25) is 0 Å². The summed E-state index contributed by atoms with van der Waals surface area (Å²) in [4.78, 5) is 33.4. The maximum Gasteiger partial charge on any atom is 0.417 e. The number of nitrogens with one attached hydrogen (secondary N) is 1. The van der Waals surface area contributed by atoms with Gasteiger partial charge in [0.15, 0.2) is 0 Å². The van der Waals surface area contributed by atoms with Crippen molar-refractivity contribution in [2.45, 2.75) is 12.6 Å². The lowest BCUT2D eigenvalue weighted by Gasteiger charge is -2.24. The van der Waals surface area contributed by atoms with E-state index in [2.05, 4.69) is 10.3 Å². The van der Waals surface area contributed by atoms with E-state index in [-0.39, 0.29) is 11.8 Å². The first kappa shape index (κ1) is 23.3. The van der Waals surface area contributed by atoms with Gasteiger partial charge < -0.3 is 15.1 Å². The van der Waals surface area contributed by atoms with Gasteiger partial charge in [0.1, 0.15) is 5.82 Å². The lowest BCUT2D eigenvalue weighted by Crippen LogP contribution is -2.36. The molecule has 0 spiro atoms. The number of nitrogens with zero attached hydrogens (tertiary/aromatic N) is 3. The van der Waals surface area contributed by atoms with E-state index in [9.17, 15) is 22.8 Å². The topological polar surface area (TPSA) is 65.5 Å². The van der Waals surface area contributed by atoms with Crippen molar-refractivity contribution in [3.05, 3.63) is 89.6 Å². The number of aromatic nitrogens is 1. The Morgan fingerprint density at radius 1 is 0.853 bits per heavy atom. The second kappa shape index (κ2) is 9.94. The van der Waals surface area contributed by atoms with Crippen molar-refractivity contribution < 1.29 is 22.8 Å². The molecule has 4 rings (SSSR count). The summed E-state index contributed by atoms with van der Waals surface area (Å²) in [7, 11) is 0. The zero-order chi connectivity index (χ0) is 24.1. The van der Waals surface area contributed by atoms with E-state index < -0.39 is 11.7 Å². The Balaban J connectivity index is 1.45. The number of pyridine rings is 1. The first-order valence-corrected chi connectivity index (χ1v) is 10.9. The van der Waals surface area contributed by atoms with Gasteiger partial charge in [-0.2, -0.15) is 13.2 Å². The Morgan fingerprint density at radius 3 is 2.29 bits per heavy atom. The highest BCUT2D eigenvalue weighted by Crippen LogP contribution is 2.29. The highest BCUT2D eigenvalue weighted by Gasteiger charge is 2.31. The number of benzene rings is 2. The maximum absolute atomic E-state index is 13.3. The number of carbonyl (C=O) groups is 2. The van der Waals surface area contributed by atoms with Gasteiger partial charge in [0.2, 0.25) is 0 Å². The zero-order valence-electron chi connectivity index (χ0n) is 18.3. The summed E-state index contributed by atoms with van der Waals surface area (Å²) in [6, 6.07) is 17.9. The minimum absolute atomic E-state index is 0.216. The average Bonchev–Trinajstić information content (AvgIpc) is 3.10. The molecule has 1 N–H and O–H groups in total. The maximum atomic E-state index is 13.3. The van der Waals surface area contributed by atoms with E-state index in [1.54, 1.807) is 53.4 Å². The molecule has 1 aromatic heterocycles. The van der Waals surface area contributed by atoms with E-state index in [0.717, 1.165) is 12.3 Å². The molecule has 1 aliphatic rings. The summed E-state index contributed by atoms with van der Waals surface area (Å²) >= 11 is 0. The van der Waals surface area contributed by atoms with Gasteiger partial charge in [-0.1, -0.05) is 30.3 Å². The number of amides is 2. The standard InChI is InChI=1S/C25H23F3N4O2/c26-25(27,28)19-11-12-22(29-17-19)31-13-6-14-32(16-15-31)24(34)20-9-4-5-10-21(20)30-23(33)18-7-2-1-3-8-18/h1-5,7-12,17H,6,13-16H2,(H,30,33). The van der Waals surface area contributed by atoms with E-state index in [4.69, 9.17) is 0 Å². The first-order valence-electron chi connectivity index (χ1n) is 10.9. The molecule has 0 aliphatic carbocycles. The van der Waals surface area contributed by atoms with Gasteiger partial charge in [0.05, 0.1) is 16.8 Å². The fraction of sp³-hybridized carbons (Fsp3) is 0.240. The minimum atomic E-state index is -4.43. The third-order valence-electron chi connectivity index (χ3n) is 5.62. The molecular weight excluding hydrogens is 445 g/mol. The van der Waals surface area contributed by atoms with Crippen LogP contribution in [0.25, 0.3) is 0 Å². The molecule has 1 saturated heterocycles. The molecule has 0 atom stereocenters. The number of para-hydroxylation sites is 1. The van der Waals surface area contributed by atoms with Crippen molar-refractivity contribution in [1.82, 2.24) is 9.88 Å². The Kier molecular flexibility index (Phi) is 6.81. The third-order valence-corrected chi connectivity index (χ3v) is 5.62. The Labute approximate surface area is 195 Å². The number of hydrogen-bond acceptors (Lipinski definition) is 4. The molecule has 1 aliphatic heterocycles. The van der Waals surface area contributed by atoms with Crippen molar-refractivity contribution in [2.75, 3.05) is 36.4 Å². The van der Waals surface area contributed by atoms with Gasteiger partial charge in [0, 0.05) is 37.9 Å². The third kappa shape index (κ3) is 5.36. The van der Waals surface area contributed by atoms with Gasteiger partial charge >= 0.3 is 6.18 Å². The lowest BCUT2D eigenvalue weighted by atomic mass is 10.1. The van der Waals surface area contributed by atoms with Gasteiger partial charge in [-0.3, -0.25) is 9.59 Å². The fourth-order valence-electron chi connectivity index (χ4n) is 3.82. The first-order chi connectivity index (χ1) is 16.3. The summed E-state index contributed by atoms with van der Waals surface area (Å²) in [5.41, 5.74) is 0.496. The van der Waals surface area contributed by atoms with E-state index >= 15 is 0 Å². The Hall–Kier alpha value is -3.88. The molecule has 1 fully saturated rings. The molecule has 34 heavy (non-hydrogen) atoms. The van der Waals surface area contributed by atoms with Gasteiger partial charge in [-0.05, 0) is 42.8 Å². The van der Waals surface area contributed by atoms with Crippen LogP contribution in [0.3, 0.4) is 0 Å². The molecule has 6 nitrogen and oxygen atoms in total. The van der Waals surface area contributed by atoms with Crippen LogP contribution in [0.4, 0.5) is 24.7 Å². The van der Waals surface area contributed by atoms with Crippen LogP contribution in [0.15, 0.2) is 72.9 Å². The summed E-state index contributed by atoms with van der Waals surface area (Å²) in [5, 5.41) is 2.82. The van der Waals surface area contributed by atoms with Crippen molar-refractivity contribution in [3.63, 3.8) is 0 Å². The Bertz CT molecular complexity index is 1150. The summed E-state index contributed by atoms with van der Waals surface area (Å²) in [5.74, 6) is -0.0831. The van der Waals surface area contributed by atoms with E-state index in [1.165, 1.54) is 6.07 Å². The second-order valence-corrected chi connectivity index (χ2v) is 7.90. The van der Waals surface area contributed by atoms with Gasteiger partial charge in [-0.15, -0.1) is 0 Å². The van der Waals surface area contributed by atoms with E-state index in [1.807, 2.05) is 11.0 Å².